The summed E-state index contributed by atoms with van der Waals surface area (Å²) in [5, 5.41) is 0. The zero-order chi connectivity index (χ0) is 13.0. The average Bonchev–Trinajstić information content (AvgIpc) is 2.27. The summed E-state index contributed by atoms with van der Waals surface area (Å²) in [5.74, 6) is 1.78. The lowest BCUT2D eigenvalue weighted by atomic mass is 9.98. The molecule has 96 valence electrons. The van der Waals surface area contributed by atoms with E-state index in [0.29, 0.717) is 13.2 Å². The molecule has 0 radical (unpaired) electrons. The van der Waals surface area contributed by atoms with Gasteiger partial charge in [0, 0.05) is 11.6 Å². The quantitative estimate of drug-likeness (QED) is 0.855. The van der Waals surface area contributed by atoms with Gasteiger partial charge in [0.05, 0.1) is 13.2 Å². The van der Waals surface area contributed by atoms with E-state index < -0.39 is 0 Å². The van der Waals surface area contributed by atoms with Crippen molar-refractivity contribution in [1.29, 1.82) is 0 Å². The molecule has 3 heteroatoms. The molecule has 0 saturated carbocycles. The Bertz CT molecular complexity index is 386. The van der Waals surface area contributed by atoms with Crippen molar-refractivity contribution in [2.24, 2.45) is 5.73 Å². The molecule has 0 amide bonds. The summed E-state index contributed by atoms with van der Waals surface area (Å²) in [4.78, 5) is 0. The lowest BCUT2D eigenvalue weighted by Crippen LogP contribution is -2.10. The summed E-state index contributed by atoms with van der Waals surface area (Å²) in [6, 6.07) is 2.01. The van der Waals surface area contributed by atoms with Crippen LogP contribution >= 0.6 is 0 Å². The maximum absolute atomic E-state index is 5.98. The van der Waals surface area contributed by atoms with Crippen LogP contribution < -0.4 is 15.2 Å². The van der Waals surface area contributed by atoms with E-state index >= 15 is 0 Å². The summed E-state index contributed by atoms with van der Waals surface area (Å²) in [6.45, 7) is 11.3. The molecule has 1 rings (SSSR count). The Kier molecular flexibility index (Phi) is 4.82. The van der Waals surface area contributed by atoms with Gasteiger partial charge in [-0.15, -0.1) is 0 Å². The molecule has 0 aromatic heterocycles. The fourth-order valence-electron chi connectivity index (χ4n) is 2.02. The van der Waals surface area contributed by atoms with E-state index in [1.165, 1.54) is 0 Å². The monoisotopic (exact) mass is 237 g/mol. The molecule has 0 aliphatic carbocycles. The highest BCUT2D eigenvalue weighted by Crippen LogP contribution is 2.36. The maximum atomic E-state index is 5.98. The highest BCUT2D eigenvalue weighted by molar-refractivity contribution is 5.53. The van der Waals surface area contributed by atoms with Crippen molar-refractivity contribution < 1.29 is 9.47 Å². The Hall–Kier alpha value is -1.22. The van der Waals surface area contributed by atoms with Crippen LogP contribution in [0.3, 0.4) is 0 Å². The molecule has 0 aliphatic heterocycles. The molecule has 1 aromatic carbocycles. The van der Waals surface area contributed by atoms with Crippen molar-refractivity contribution in [3.63, 3.8) is 0 Å². The molecule has 0 bridgehead atoms. The van der Waals surface area contributed by atoms with Crippen molar-refractivity contribution in [1.82, 2.24) is 0 Å². The Labute approximate surface area is 104 Å². The largest absolute Gasteiger partial charge is 0.493 e. The van der Waals surface area contributed by atoms with E-state index in [9.17, 15) is 0 Å². The third-order valence-electron chi connectivity index (χ3n) is 2.85. The van der Waals surface area contributed by atoms with Crippen LogP contribution in [0.25, 0.3) is 0 Å². The van der Waals surface area contributed by atoms with Crippen molar-refractivity contribution >= 4 is 0 Å². The minimum absolute atomic E-state index is 0.0194. The summed E-state index contributed by atoms with van der Waals surface area (Å²) in [5.41, 5.74) is 9.23. The van der Waals surface area contributed by atoms with Gasteiger partial charge in [0.2, 0.25) is 0 Å². The molecule has 0 heterocycles. The van der Waals surface area contributed by atoms with E-state index in [1.807, 2.05) is 40.7 Å². The van der Waals surface area contributed by atoms with Gasteiger partial charge in [0.15, 0.2) is 0 Å². The fourth-order valence-corrected chi connectivity index (χ4v) is 2.02. The first kappa shape index (κ1) is 13.8. The van der Waals surface area contributed by atoms with Gasteiger partial charge in [-0.25, -0.2) is 0 Å². The maximum Gasteiger partial charge on any atom is 0.129 e. The third kappa shape index (κ3) is 2.91. The van der Waals surface area contributed by atoms with Gasteiger partial charge >= 0.3 is 0 Å². The highest BCUT2D eigenvalue weighted by Gasteiger charge is 2.16. The third-order valence-corrected chi connectivity index (χ3v) is 2.85. The summed E-state index contributed by atoms with van der Waals surface area (Å²) >= 11 is 0. The summed E-state index contributed by atoms with van der Waals surface area (Å²) in [7, 11) is 0. The van der Waals surface area contributed by atoms with Crippen LogP contribution in [0.5, 0.6) is 11.5 Å². The normalized spacial score (nSPS) is 12.4. The lowest BCUT2D eigenvalue weighted by Gasteiger charge is -2.20. The zero-order valence-electron chi connectivity index (χ0n) is 11.5. The smallest absolute Gasteiger partial charge is 0.129 e. The van der Waals surface area contributed by atoms with Gasteiger partial charge in [-0.05, 0) is 51.8 Å². The molecular formula is C14H23NO2. The Balaban J connectivity index is 3.34. The van der Waals surface area contributed by atoms with Crippen molar-refractivity contribution in [3.05, 3.63) is 22.8 Å². The average molecular weight is 237 g/mol. The first-order valence-electron chi connectivity index (χ1n) is 6.18. The Morgan fingerprint density at radius 2 is 1.71 bits per heavy atom. The SMILES string of the molecule is CCOc1cc([C@@H](C)N)c(C)c(OCC)c1C. The summed E-state index contributed by atoms with van der Waals surface area (Å²) < 4.78 is 11.3. The zero-order valence-corrected chi connectivity index (χ0v) is 11.5. The minimum Gasteiger partial charge on any atom is -0.493 e. The second kappa shape index (κ2) is 5.92. The van der Waals surface area contributed by atoms with Gasteiger partial charge in [-0.2, -0.15) is 0 Å². The molecular weight excluding hydrogens is 214 g/mol. The standard InChI is InChI=1S/C14H23NO2/c1-6-16-13-8-12(11(5)15)9(3)14(10(13)4)17-7-2/h8,11H,6-7,15H2,1-5H3/t11-/m1/s1. The molecule has 17 heavy (non-hydrogen) atoms. The van der Waals surface area contributed by atoms with Crippen LogP contribution in [-0.4, -0.2) is 13.2 Å². The van der Waals surface area contributed by atoms with Gasteiger partial charge in [-0.1, -0.05) is 0 Å². The van der Waals surface area contributed by atoms with E-state index in [2.05, 4.69) is 0 Å². The molecule has 0 saturated heterocycles. The predicted octanol–water partition coefficient (Wildman–Crippen LogP) is 3.12. The molecule has 1 aromatic rings. The van der Waals surface area contributed by atoms with Crippen LogP contribution in [-0.2, 0) is 0 Å². The molecule has 3 nitrogen and oxygen atoms in total. The van der Waals surface area contributed by atoms with Crippen molar-refractivity contribution in [3.8, 4) is 11.5 Å². The first-order valence-corrected chi connectivity index (χ1v) is 6.18. The topological polar surface area (TPSA) is 44.5 Å². The van der Waals surface area contributed by atoms with Crippen LogP contribution in [0.15, 0.2) is 6.07 Å². The second-order valence-electron chi connectivity index (χ2n) is 4.20. The number of rotatable bonds is 5. The van der Waals surface area contributed by atoms with Crippen molar-refractivity contribution in [2.45, 2.75) is 40.7 Å². The number of ether oxygens (including phenoxy) is 2. The lowest BCUT2D eigenvalue weighted by molar-refractivity contribution is 0.316. The fraction of sp³-hybridized carbons (Fsp3) is 0.571. The van der Waals surface area contributed by atoms with Gasteiger partial charge < -0.3 is 15.2 Å². The molecule has 1 atom stereocenters. The van der Waals surface area contributed by atoms with Crippen LogP contribution in [0, 0.1) is 13.8 Å². The minimum atomic E-state index is -0.0194. The molecule has 0 aliphatic rings. The van der Waals surface area contributed by atoms with Gasteiger partial charge in [-0.3, -0.25) is 0 Å². The number of hydrogen-bond acceptors (Lipinski definition) is 3. The van der Waals surface area contributed by atoms with E-state index in [1.54, 1.807) is 0 Å². The molecule has 2 N–H and O–H groups in total. The van der Waals surface area contributed by atoms with Crippen LogP contribution in [0.1, 0.15) is 43.5 Å². The Morgan fingerprint density at radius 1 is 1.12 bits per heavy atom. The first-order chi connectivity index (χ1) is 8.02. The summed E-state index contributed by atoms with van der Waals surface area (Å²) in [6.07, 6.45) is 0. The number of nitrogens with two attached hydrogens (primary N) is 1. The molecule has 0 fully saturated rings. The number of benzene rings is 1. The van der Waals surface area contributed by atoms with Crippen LogP contribution in [0.4, 0.5) is 0 Å². The van der Waals surface area contributed by atoms with E-state index in [-0.39, 0.29) is 6.04 Å². The highest BCUT2D eigenvalue weighted by atomic mass is 16.5. The van der Waals surface area contributed by atoms with Crippen LogP contribution in [0.2, 0.25) is 0 Å². The van der Waals surface area contributed by atoms with Gasteiger partial charge in [0.25, 0.3) is 0 Å². The van der Waals surface area contributed by atoms with Crippen molar-refractivity contribution in [2.75, 3.05) is 13.2 Å². The molecule has 0 unspecified atom stereocenters. The Morgan fingerprint density at radius 3 is 2.18 bits per heavy atom. The molecule has 0 spiro atoms. The van der Waals surface area contributed by atoms with E-state index in [4.69, 9.17) is 15.2 Å². The number of hydrogen-bond donors (Lipinski definition) is 1. The second-order valence-corrected chi connectivity index (χ2v) is 4.20. The van der Waals surface area contributed by atoms with Gasteiger partial charge in [0.1, 0.15) is 11.5 Å². The van der Waals surface area contributed by atoms with E-state index in [0.717, 1.165) is 28.2 Å². The predicted molar refractivity (Wildman–Crippen MR) is 70.9 cm³/mol.